The molecule has 0 saturated heterocycles. The molecule has 9 heavy (non-hydrogen) atoms. The molecule has 1 rings (SSSR count). The van der Waals surface area contributed by atoms with Crippen LogP contribution in [0.25, 0.3) is 0 Å². The van der Waals surface area contributed by atoms with Gasteiger partial charge < -0.3 is 4.74 Å². The summed E-state index contributed by atoms with van der Waals surface area (Å²) in [5, 5.41) is -1.57. The molecule has 0 aromatic rings. The summed E-state index contributed by atoms with van der Waals surface area (Å²) in [4.78, 5) is 0. The first kappa shape index (κ1) is 7.29. The average molecular weight is 153 g/mol. The van der Waals surface area contributed by atoms with Gasteiger partial charge in [0.05, 0.1) is 0 Å². The van der Waals surface area contributed by atoms with Gasteiger partial charge in [0.1, 0.15) is 6.10 Å². The fourth-order valence-electron chi connectivity index (χ4n) is 0.879. The van der Waals surface area contributed by atoms with Crippen LogP contribution in [0.2, 0.25) is 0 Å². The van der Waals surface area contributed by atoms with Gasteiger partial charge in [-0.2, -0.15) is 0 Å². The lowest BCUT2D eigenvalue weighted by Crippen LogP contribution is -2.01. The van der Waals surface area contributed by atoms with Crippen LogP contribution in [0.5, 0.6) is 0 Å². The molecule has 3 heteroatoms. The summed E-state index contributed by atoms with van der Waals surface area (Å²) in [5.41, 5.74) is 0. The Labute approximate surface area is 59.1 Å². The van der Waals surface area contributed by atoms with Gasteiger partial charge in [0.2, 0.25) is 5.13 Å². The van der Waals surface area contributed by atoms with Crippen LogP contribution >= 0.6 is 11.6 Å². The average Bonchev–Trinajstić information content (AvgIpc) is 2.19. The Kier molecular flexibility index (Phi) is 1.70. The van der Waals surface area contributed by atoms with Crippen molar-refractivity contribution >= 4 is 11.6 Å². The van der Waals surface area contributed by atoms with E-state index in [0.717, 1.165) is 0 Å². The Morgan fingerprint density at radius 3 is 2.33 bits per heavy atom. The fraction of sp³-hybridized carbons (Fsp3) is 1.00. The van der Waals surface area contributed by atoms with Crippen LogP contribution in [0, 0.1) is 5.92 Å². The van der Waals surface area contributed by atoms with Crippen molar-refractivity contribution in [3.05, 3.63) is 0 Å². The van der Waals surface area contributed by atoms with Crippen molar-refractivity contribution in [1.82, 2.24) is 0 Å². The summed E-state index contributed by atoms with van der Waals surface area (Å²) in [6.45, 7) is 4.11. The number of hydrogen-bond acceptors (Lipinski definition) is 1. The highest BCUT2D eigenvalue weighted by Gasteiger charge is 2.64. The quantitative estimate of drug-likeness (QED) is 0.550. The topological polar surface area (TPSA) is 9.23 Å². The van der Waals surface area contributed by atoms with E-state index in [9.17, 15) is 4.39 Å². The molecular formula is C6H10ClFO. The Bertz CT molecular complexity index is 116. The zero-order valence-corrected chi connectivity index (χ0v) is 6.28. The van der Waals surface area contributed by atoms with Crippen molar-refractivity contribution < 1.29 is 9.13 Å². The summed E-state index contributed by atoms with van der Waals surface area (Å²) >= 11 is 5.34. The highest BCUT2D eigenvalue weighted by atomic mass is 35.5. The fourth-order valence-corrected chi connectivity index (χ4v) is 1.18. The zero-order chi connectivity index (χ0) is 7.07. The van der Waals surface area contributed by atoms with Gasteiger partial charge in [0.25, 0.3) is 0 Å². The Morgan fingerprint density at radius 2 is 2.22 bits per heavy atom. The second kappa shape index (κ2) is 2.10. The third kappa shape index (κ3) is 1.06. The Balaban J connectivity index is 2.33. The second-order valence-electron chi connectivity index (χ2n) is 2.34. The molecule has 0 bridgehead atoms. The summed E-state index contributed by atoms with van der Waals surface area (Å²) in [6.07, 6.45) is -0.371. The lowest BCUT2D eigenvalue weighted by atomic mass is 10.5. The van der Waals surface area contributed by atoms with Crippen LogP contribution in [0.3, 0.4) is 0 Å². The maximum Gasteiger partial charge on any atom is 0.214 e. The van der Waals surface area contributed by atoms with E-state index >= 15 is 0 Å². The Hall–Kier alpha value is 0.180. The lowest BCUT2D eigenvalue weighted by molar-refractivity contribution is 0.102. The van der Waals surface area contributed by atoms with Gasteiger partial charge in [-0.1, -0.05) is 18.5 Å². The van der Waals surface area contributed by atoms with Crippen LogP contribution < -0.4 is 0 Å². The zero-order valence-electron chi connectivity index (χ0n) is 5.53. The van der Waals surface area contributed by atoms with Crippen LogP contribution in [0.15, 0.2) is 0 Å². The largest absolute Gasteiger partial charge is 0.373 e. The van der Waals surface area contributed by atoms with Crippen LogP contribution in [-0.4, -0.2) is 17.8 Å². The lowest BCUT2D eigenvalue weighted by Gasteiger charge is -1.95. The number of hydrogen-bond donors (Lipinski definition) is 0. The van der Waals surface area contributed by atoms with E-state index in [1.54, 1.807) is 6.92 Å². The van der Waals surface area contributed by atoms with Gasteiger partial charge in [0, 0.05) is 12.5 Å². The monoisotopic (exact) mass is 152 g/mol. The summed E-state index contributed by atoms with van der Waals surface area (Å²) in [6, 6.07) is 0. The SMILES string of the molecule is CCO[C@H]1[C@@H](C)[C@@]1(F)Cl. The molecule has 0 aromatic heterocycles. The van der Waals surface area contributed by atoms with E-state index in [2.05, 4.69) is 0 Å². The molecule has 0 amide bonds. The predicted molar refractivity (Wildman–Crippen MR) is 34.3 cm³/mol. The first-order chi connectivity index (χ1) is 4.10. The highest BCUT2D eigenvalue weighted by Crippen LogP contribution is 2.52. The number of alkyl halides is 2. The minimum absolute atomic E-state index is 0.140. The summed E-state index contributed by atoms with van der Waals surface area (Å²) in [5.74, 6) is -0.140. The van der Waals surface area contributed by atoms with Crippen molar-refractivity contribution in [2.45, 2.75) is 25.1 Å². The first-order valence-electron chi connectivity index (χ1n) is 3.10. The number of halogens is 2. The standard InChI is InChI=1S/C6H10ClFO/c1-3-9-5-4(2)6(5,7)8/h4-5H,3H2,1-2H3/t4-,5+,6+/m1/s1. The summed E-state index contributed by atoms with van der Waals surface area (Å²) in [7, 11) is 0. The molecule has 0 heterocycles. The van der Waals surface area contributed by atoms with E-state index < -0.39 is 5.13 Å². The number of rotatable bonds is 2. The van der Waals surface area contributed by atoms with Gasteiger partial charge in [-0.05, 0) is 6.92 Å². The molecular weight excluding hydrogens is 143 g/mol. The molecule has 0 aliphatic heterocycles. The molecule has 1 nitrogen and oxygen atoms in total. The molecule has 3 atom stereocenters. The van der Waals surface area contributed by atoms with E-state index in [4.69, 9.17) is 16.3 Å². The molecule has 0 N–H and O–H groups in total. The summed E-state index contributed by atoms with van der Waals surface area (Å²) < 4.78 is 17.7. The van der Waals surface area contributed by atoms with Gasteiger partial charge in [-0.3, -0.25) is 0 Å². The molecule has 54 valence electrons. The van der Waals surface area contributed by atoms with E-state index in [-0.39, 0.29) is 12.0 Å². The third-order valence-corrected chi connectivity index (χ3v) is 2.24. The van der Waals surface area contributed by atoms with Gasteiger partial charge in [0.15, 0.2) is 0 Å². The van der Waals surface area contributed by atoms with Crippen LogP contribution in [0.4, 0.5) is 4.39 Å². The van der Waals surface area contributed by atoms with Crippen molar-refractivity contribution in [2.75, 3.05) is 6.61 Å². The van der Waals surface area contributed by atoms with E-state index in [1.165, 1.54) is 0 Å². The molecule has 0 aromatic carbocycles. The minimum atomic E-state index is -1.57. The second-order valence-corrected chi connectivity index (χ2v) is 2.92. The van der Waals surface area contributed by atoms with Crippen molar-refractivity contribution in [3.8, 4) is 0 Å². The molecule has 1 saturated carbocycles. The van der Waals surface area contributed by atoms with Crippen molar-refractivity contribution in [2.24, 2.45) is 5.92 Å². The first-order valence-corrected chi connectivity index (χ1v) is 3.48. The van der Waals surface area contributed by atoms with Crippen LogP contribution in [-0.2, 0) is 4.74 Å². The van der Waals surface area contributed by atoms with Crippen molar-refractivity contribution in [1.29, 1.82) is 0 Å². The smallest absolute Gasteiger partial charge is 0.214 e. The molecule has 1 aliphatic carbocycles. The minimum Gasteiger partial charge on any atom is -0.373 e. The van der Waals surface area contributed by atoms with Gasteiger partial charge in [-0.15, -0.1) is 0 Å². The molecule has 0 unspecified atom stereocenters. The van der Waals surface area contributed by atoms with E-state index in [1.807, 2.05) is 6.92 Å². The normalized spacial score (nSPS) is 49.3. The Morgan fingerprint density at radius 1 is 1.78 bits per heavy atom. The highest BCUT2D eigenvalue weighted by molar-refractivity contribution is 6.25. The van der Waals surface area contributed by atoms with Crippen LogP contribution in [0.1, 0.15) is 13.8 Å². The maximum absolute atomic E-state index is 12.7. The van der Waals surface area contributed by atoms with Gasteiger partial charge >= 0.3 is 0 Å². The maximum atomic E-state index is 12.7. The molecule has 0 spiro atoms. The predicted octanol–water partition coefficient (Wildman–Crippen LogP) is 1.95. The third-order valence-electron chi connectivity index (χ3n) is 1.68. The molecule has 0 radical (unpaired) electrons. The molecule has 1 aliphatic rings. The van der Waals surface area contributed by atoms with E-state index in [0.29, 0.717) is 6.61 Å². The molecule has 1 fully saturated rings. The number of ether oxygens (including phenoxy) is 1. The van der Waals surface area contributed by atoms with Crippen molar-refractivity contribution in [3.63, 3.8) is 0 Å². The van der Waals surface area contributed by atoms with Gasteiger partial charge in [-0.25, -0.2) is 4.39 Å².